The van der Waals surface area contributed by atoms with E-state index in [0.717, 1.165) is 0 Å². The summed E-state index contributed by atoms with van der Waals surface area (Å²) < 4.78 is 65.2. The van der Waals surface area contributed by atoms with Crippen molar-refractivity contribution >= 4 is 60.7 Å². The predicted molar refractivity (Wildman–Crippen MR) is 150 cm³/mol. The monoisotopic (exact) mass is 681 g/mol. The Hall–Kier alpha value is -2.91. The Kier molecular flexibility index (Phi) is 6.17. The first-order chi connectivity index (χ1) is 21.7. The molecule has 45 heavy (non-hydrogen) atoms. The summed E-state index contributed by atoms with van der Waals surface area (Å²) in [4.78, 5) is 36.4. The fourth-order valence-electron chi connectivity index (χ4n) is 6.51. The quantitative estimate of drug-likeness (QED) is 0.233. The molecule has 9 heterocycles. The molecule has 0 amide bonds. The molecule has 0 spiro atoms. The van der Waals surface area contributed by atoms with Crippen LogP contribution >= 0.6 is 15.0 Å². The van der Waals surface area contributed by atoms with Gasteiger partial charge in [-0.1, -0.05) is 0 Å². The van der Waals surface area contributed by atoms with Gasteiger partial charge in [0, 0.05) is 4.57 Å². The molecule has 10 atom stereocenters. The lowest BCUT2D eigenvalue weighted by Crippen LogP contribution is -2.47. The van der Waals surface area contributed by atoms with Crippen LogP contribution in [0, 0.1) is 0 Å². The summed E-state index contributed by atoms with van der Waals surface area (Å²) in [6.07, 6.45) is 0.282. The molecule has 2 unspecified atom stereocenters. The lowest BCUT2D eigenvalue weighted by Gasteiger charge is -2.33. The van der Waals surface area contributed by atoms with Crippen molar-refractivity contribution in [3.63, 3.8) is 0 Å². The molecule has 5 saturated heterocycles. The summed E-state index contributed by atoms with van der Waals surface area (Å²) in [6, 6.07) is 0. The number of aromatic nitrogens is 8. The number of imidazole rings is 2. The highest BCUT2D eigenvalue weighted by Gasteiger charge is 2.69. The van der Waals surface area contributed by atoms with E-state index in [4.69, 9.17) is 60.3 Å². The molecular weight excluding hydrogens is 658 g/mol. The van der Waals surface area contributed by atoms with E-state index in [1.54, 1.807) is 9.13 Å². The van der Waals surface area contributed by atoms with Gasteiger partial charge in [0.2, 0.25) is 0 Å². The zero-order valence-corrected chi connectivity index (χ0v) is 25.4. The number of fused-ring (bicyclic) bond motifs is 2. The van der Waals surface area contributed by atoms with Gasteiger partial charge >= 0.3 is 15.0 Å². The van der Waals surface area contributed by atoms with E-state index in [9.17, 15) is 9.46 Å². The molecule has 0 radical (unpaired) electrons. The topological polar surface area (TPSA) is 250 Å². The zero-order valence-electron chi connectivity index (χ0n) is 22.8. The molecule has 236 valence electrons. The maximum absolute atomic E-state index is 13.4. The first kappa shape index (κ1) is 28.3. The van der Waals surface area contributed by atoms with Crippen LogP contribution in [0.25, 0.3) is 22.3 Å². The molecule has 0 saturated carbocycles. The molecule has 4 bridgehead atoms. The van der Waals surface area contributed by atoms with Gasteiger partial charge in [0.15, 0.2) is 52.7 Å². The number of hydrogen-bond donors (Lipinski definition) is 3. The standard InChI is InChI=1S/C22H22N10O10P2S/c23-15-9-17(27-5-25-15)31(7-29-9)19-11-13-22(40-19,2-35-11)4-38-44(34,45)42-14-12-20(32-8-30-10-16(24)26-6-28-18(10)32)39-21(14,1-36-12)3-37-43(33)41-13/h5-8,11-14,19-20H,1-4H2,(H4-,23,24,25,26,27,28,34,45)/p+1/t11-,12-,13+,14+,19-,20-,21-,22-,44?/m1/s1. The lowest BCUT2D eigenvalue weighted by atomic mass is 10.0. The average Bonchev–Trinajstić information content (AvgIpc) is 3.86. The van der Waals surface area contributed by atoms with Crippen molar-refractivity contribution < 1.29 is 46.5 Å². The highest BCUT2D eigenvalue weighted by Crippen LogP contribution is 2.58. The first-order valence-electron chi connectivity index (χ1n) is 13.5. The highest BCUT2D eigenvalue weighted by molar-refractivity contribution is 8.07. The van der Waals surface area contributed by atoms with Crippen molar-refractivity contribution in [2.45, 2.75) is 48.1 Å². The minimum absolute atomic E-state index is 0.0237. The third kappa shape index (κ3) is 4.14. The Balaban J connectivity index is 1.03. The van der Waals surface area contributed by atoms with Crippen molar-refractivity contribution in [1.29, 1.82) is 0 Å². The van der Waals surface area contributed by atoms with Crippen molar-refractivity contribution in [3.05, 3.63) is 25.3 Å². The number of rotatable bonds is 2. The fraction of sp³-hybridized carbons (Fsp3) is 0.545. The van der Waals surface area contributed by atoms with Crippen LogP contribution in [0.2, 0.25) is 0 Å². The van der Waals surface area contributed by atoms with Crippen LogP contribution in [-0.2, 0) is 53.4 Å². The Morgan fingerprint density at radius 1 is 0.844 bits per heavy atom. The third-order valence-corrected chi connectivity index (χ3v) is 10.9. The lowest BCUT2D eigenvalue weighted by molar-refractivity contribution is -0.186. The van der Waals surface area contributed by atoms with Gasteiger partial charge in [-0.2, -0.15) is 0 Å². The highest BCUT2D eigenvalue weighted by atomic mass is 32.5. The van der Waals surface area contributed by atoms with Crippen molar-refractivity contribution in [2.24, 2.45) is 0 Å². The van der Waals surface area contributed by atoms with Crippen LogP contribution in [-0.4, -0.2) is 106 Å². The molecule has 5 aliphatic heterocycles. The Morgan fingerprint density at radius 3 is 2.00 bits per heavy atom. The van der Waals surface area contributed by atoms with Crippen molar-refractivity contribution in [2.75, 3.05) is 37.9 Å². The number of hydrogen-bond acceptors (Lipinski definition) is 18. The Morgan fingerprint density at radius 2 is 1.40 bits per heavy atom. The molecule has 23 heteroatoms. The summed E-state index contributed by atoms with van der Waals surface area (Å²) in [5.74, 6) is 0.375. The Labute approximate surface area is 257 Å². The molecular formula is C22H23N10O10P2S+. The summed E-state index contributed by atoms with van der Waals surface area (Å²) >= 11 is 5.47. The minimum Gasteiger partial charge on any atom is -0.382 e. The van der Waals surface area contributed by atoms with Gasteiger partial charge in [-0.25, -0.2) is 29.9 Å². The van der Waals surface area contributed by atoms with E-state index >= 15 is 0 Å². The molecule has 4 aromatic rings. The van der Waals surface area contributed by atoms with Gasteiger partial charge in [0.05, 0.1) is 32.5 Å². The van der Waals surface area contributed by atoms with Gasteiger partial charge in [-0.15, -0.1) is 9.05 Å². The van der Waals surface area contributed by atoms with E-state index in [2.05, 4.69) is 29.9 Å². The summed E-state index contributed by atoms with van der Waals surface area (Å²) in [5.41, 5.74) is 10.7. The molecule has 9 rings (SSSR count). The first-order valence-corrected chi connectivity index (χ1v) is 17.2. The molecule has 5 fully saturated rings. The second kappa shape index (κ2) is 9.80. The third-order valence-electron chi connectivity index (χ3n) is 8.60. The molecule has 0 aromatic carbocycles. The summed E-state index contributed by atoms with van der Waals surface area (Å²) in [5, 5.41) is 0. The number of nitrogens with zero attached hydrogens (tertiary/aromatic N) is 8. The average molecular weight is 682 g/mol. The maximum Gasteiger partial charge on any atom is 0.698 e. The van der Waals surface area contributed by atoms with Gasteiger partial charge in [0.25, 0.3) is 0 Å². The molecule has 5 aliphatic rings. The predicted octanol–water partition coefficient (Wildman–Crippen LogP) is -0.145. The van der Waals surface area contributed by atoms with Crippen molar-refractivity contribution in [1.82, 2.24) is 39.0 Å². The second-order valence-corrected chi connectivity index (χ2v) is 14.9. The van der Waals surface area contributed by atoms with E-state index < -0.39 is 63.0 Å². The van der Waals surface area contributed by atoms with Crippen LogP contribution in [0.5, 0.6) is 0 Å². The molecule has 5 N–H and O–H groups in total. The van der Waals surface area contributed by atoms with Gasteiger partial charge < -0.3 is 39.8 Å². The van der Waals surface area contributed by atoms with E-state index in [0.29, 0.717) is 22.3 Å². The van der Waals surface area contributed by atoms with Gasteiger partial charge in [0.1, 0.15) is 48.6 Å². The molecule has 20 nitrogen and oxygen atoms in total. The van der Waals surface area contributed by atoms with Gasteiger partial charge in [-0.05, 0) is 11.8 Å². The number of nitrogen functional groups attached to an aromatic ring is 2. The number of ether oxygens (including phenoxy) is 4. The van der Waals surface area contributed by atoms with E-state index in [1.165, 1.54) is 25.3 Å². The van der Waals surface area contributed by atoms with E-state index in [1.807, 2.05) is 0 Å². The number of nitrogens with two attached hydrogens (primary N) is 2. The second-order valence-electron chi connectivity index (χ2n) is 11.2. The largest absolute Gasteiger partial charge is 0.698 e. The normalized spacial score (nSPS) is 40.4. The maximum atomic E-state index is 13.4. The van der Waals surface area contributed by atoms with Gasteiger partial charge in [-0.3, -0.25) is 13.7 Å². The van der Waals surface area contributed by atoms with Crippen molar-refractivity contribution in [3.8, 4) is 0 Å². The van der Waals surface area contributed by atoms with Crippen LogP contribution in [0.15, 0.2) is 25.3 Å². The fourth-order valence-corrected chi connectivity index (χ4v) is 8.87. The SMILES string of the molecule is Nc1ncnc2c1ncn2[C@@H]1O[C@@]23CO[C@@H]1[C@@H]2O[P+](=O)OC[C@@]12CO[C@@H]([C@H](n4cnc5c(N)ncnc54)O1)[C@@H]2OP(O)(=S)OC3. The molecule has 4 aromatic heterocycles. The smallest absolute Gasteiger partial charge is 0.382 e. The number of anilines is 2. The molecule has 0 aliphatic carbocycles. The van der Waals surface area contributed by atoms with Crippen LogP contribution in [0.3, 0.4) is 0 Å². The minimum atomic E-state index is -4.01. The van der Waals surface area contributed by atoms with E-state index in [-0.39, 0.29) is 38.1 Å². The van der Waals surface area contributed by atoms with Crippen LogP contribution in [0.4, 0.5) is 11.6 Å². The Bertz CT molecular complexity index is 1930. The van der Waals surface area contributed by atoms with Crippen LogP contribution < -0.4 is 11.5 Å². The summed E-state index contributed by atoms with van der Waals surface area (Å²) in [7, 11) is -2.77. The van der Waals surface area contributed by atoms with Crippen LogP contribution in [0.1, 0.15) is 12.5 Å². The zero-order chi connectivity index (χ0) is 30.7. The summed E-state index contributed by atoms with van der Waals surface area (Å²) in [6.45, 7) is -4.69.